The number of benzene rings is 2. The van der Waals surface area contributed by atoms with Crippen LogP contribution in [0.15, 0.2) is 76.1 Å². The number of phenols is 1. The normalized spacial score (nSPS) is 35.2. The molecule has 45 heavy (non-hydrogen) atoms. The number of carbonyl (C=O) groups excluding carboxylic acids is 3. The Hall–Kier alpha value is -2.66. The van der Waals surface area contributed by atoms with Crippen LogP contribution in [-0.4, -0.2) is 50.5 Å². The predicted molar refractivity (Wildman–Crippen MR) is 169 cm³/mol. The number of halogens is 3. The number of allylic oxidation sites excluding steroid dienone is 4. The van der Waals surface area contributed by atoms with Gasteiger partial charge in [0.2, 0.25) is 5.12 Å². The van der Waals surface area contributed by atoms with Crippen molar-refractivity contribution in [3.63, 3.8) is 0 Å². The molecule has 0 aromatic heterocycles. The highest BCUT2D eigenvalue weighted by Crippen LogP contribution is 2.70. The average molecular weight is 675 g/mol. The number of aliphatic hydroxyl groups is 1. The molecular formula is C34H33ClF2O6S2. The maximum Gasteiger partial charge on any atom is 0.339 e. The minimum absolute atomic E-state index is 0.0272. The summed E-state index contributed by atoms with van der Waals surface area (Å²) in [5.41, 5.74) is -5.42. The SMILES string of the molecule is CC12C=CC(=O)C=C1CCC1C3CCC(OC(=O)c4ccc(Sc5ccc(O)c(Cl)c5)cc4)(C(=O)SCF)C3(C)CC(O)C12F. The summed E-state index contributed by atoms with van der Waals surface area (Å²) in [6, 6.07) is 10.4. The van der Waals surface area contributed by atoms with E-state index in [0.717, 1.165) is 9.79 Å². The monoisotopic (exact) mass is 674 g/mol. The molecule has 4 aliphatic rings. The number of rotatable bonds is 6. The van der Waals surface area contributed by atoms with Gasteiger partial charge in [-0.1, -0.05) is 41.9 Å². The highest BCUT2D eigenvalue weighted by molar-refractivity contribution is 8.13. The maximum atomic E-state index is 17.5. The highest BCUT2D eigenvalue weighted by atomic mass is 35.5. The van der Waals surface area contributed by atoms with E-state index in [4.69, 9.17) is 16.3 Å². The average Bonchev–Trinajstić information content (AvgIpc) is 3.28. The van der Waals surface area contributed by atoms with Crippen molar-refractivity contribution in [1.29, 1.82) is 0 Å². The number of ether oxygens (including phenoxy) is 1. The van der Waals surface area contributed by atoms with E-state index in [-0.39, 0.29) is 35.0 Å². The van der Waals surface area contributed by atoms with Crippen LogP contribution in [0.5, 0.6) is 5.75 Å². The fourth-order valence-electron chi connectivity index (χ4n) is 8.47. The van der Waals surface area contributed by atoms with Crippen molar-refractivity contribution in [2.24, 2.45) is 22.7 Å². The van der Waals surface area contributed by atoms with Gasteiger partial charge in [0.15, 0.2) is 17.1 Å². The molecule has 0 spiro atoms. The number of alkyl halides is 2. The molecule has 11 heteroatoms. The van der Waals surface area contributed by atoms with E-state index in [1.807, 2.05) is 0 Å². The molecule has 0 aliphatic heterocycles. The van der Waals surface area contributed by atoms with Crippen molar-refractivity contribution in [3.8, 4) is 5.75 Å². The number of aliphatic hydroxyl groups excluding tert-OH is 1. The minimum atomic E-state index is -2.11. The lowest BCUT2D eigenvalue weighted by atomic mass is 9.45. The van der Waals surface area contributed by atoms with Crippen LogP contribution in [0.1, 0.15) is 56.3 Å². The summed E-state index contributed by atoms with van der Waals surface area (Å²) >= 11 is 7.81. The van der Waals surface area contributed by atoms with E-state index >= 15 is 4.39 Å². The van der Waals surface area contributed by atoms with Gasteiger partial charge in [0, 0.05) is 26.5 Å². The third kappa shape index (κ3) is 4.89. The lowest BCUT2D eigenvalue weighted by Crippen LogP contribution is -2.69. The molecule has 0 radical (unpaired) electrons. The first-order chi connectivity index (χ1) is 21.3. The van der Waals surface area contributed by atoms with E-state index in [1.165, 1.54) is 30.0 Å². The summed E-state index contributed by atoms with van der Waals surface area (Å²) in [6.07, 6.45) is 3.92. The maximum absolute atomic E-state index is 17.5. The highest BCUT2D eigenvalue weighted by Gasteiger charge is 2.75. The van der Waals surface area contributed by atoms with Crippen molar-refractivity contribution < 1.29 is 38.1 Å². The summed E-state index contributed by atoms with van der Waals surface area (Å²) in [4.78, 5) is 41.1. The molecule has 2 aromatic carbocycles. The van der Waals surface area contributed by atoms with Crippen LogP contribution in [0.4, 0.5) is 8.78 Å². The number of hydrogen-bond acceptors (Lipinski definition) is 8. The summed E-state index contributed by atoms with van der Waals surface area (Å²) < 4.78 is 37.3. The van der Waals surface area contributed by atoms with Gasteiger partial charge >= 0.3 is 5.97 Å². The van der Waals surface area contributed by atoms with Gasteiger partial charge in [-0.15, -0.1) is 0 Å². The van der Waals surface area contributed by atoms with E-state index in [0.29, 0.717) is 36.6 Å². The first kappa shape index (κ1) is 32.3. The van der Waals surface area contributed by atoms with Gasteiger partial charge in [0.25, 0.3) is 0 Å². The third-order valence-electron chi connectivity index (χ3n) is 10.8. The number of phenolic OH excluding ortho intramolecular Hbond substituents is 1. The molecule has 6 nitrogen and oxygen atoms in total. The fraction of sp³-hybridized carbons (Fsp3) is 0.441. The molecule has 2 N–H and O–H groups in total. The number of thioether (sulfide) groups is 1. The smallest absolute Gasteiger partial charge is 0.339 e. The van der Waals surface area contributed by atoms with Gasteiger partial charge in [0.05, 0.1) is 16.7 Å². The summed E-state index contributed by atoms with van der Waals surface area (Å²) in [6.45, 7) is 3.47. The predicted octanol–water partition coefficient (Wildman–Crippen LogP) is 7.65. The fourth-order valence-corrected chi connectivity index (χ4v) is 10.3. The summed E-state index contributed by atoms with van der Waals surface area (Å²) in [7, 11) is 0. The number of hydrogen-bond donors (Lipinski definition) is 2. The Bertz CT molecular complexity index is 1630. The first-order valence-electron chi connectivity index (χ1n) is 14.8. The van der Waals surface area contributed by atoms with Crippen molar-refractivity contribution >= 4 is 52.0 Å². The van der Waals surface area contributed by atoms with E-state index in [1.54, 1.807) is 56.3 Å². The molecule has 4 aliphatic carbocycles. The minimum Gasteiger partial charge on any atom is -0.506 e. The van der Waals surface area contributed by atoms with Crippen molar-refractivity contribution in [2.45, 2.75) is 73.1 Å². The number of fused-ring (bicyclic) bond motifs is 5. The molecule has 3 fully saturated rings. The lowest BCUT2D eigenvalue weighted by molar-refractivity contribution is -0.214. The van der Waals surface area contributed by atoms with Crippen LogP contribution in [0.2, 0.25) is 5.02 Å². The zero-order valence-electron chi connectivity index (χ0n) is 24.7. The summed E-state index contributed by atoms with van der Waals surface area (Å²) in [5.74, 6) is -2.13. The van der Waals surface area contributed by atoms with Crippen LogP contribution in [-0.2, 0) is 14.3 Å². The zero-order valence-corrected chi connectivity index (χ0v) is 27.1. The number of ketones is 1. The molecule has 3 saturated carbocycles. The Kier molecular flexibility index (Phi) is 8.28. The van der Waals surface area contributed by atoms with Gasteiger partial charge in [-0.3, -0.25) is 9.59 Å². The van der Waals surface area contributed by atoms with Crippen molar-refractivity contribution in [2.75, 3.05) is 6.01 Å². The number of carbonyl (C=O) groups is 3. The van der Waals surface area contributed by atoms with Crippen LogP contribution < -0.4 is 0 Å². The molecule has 0 amide bonds. The molecule has 0 saturated heterocycles. The van der Waals surface area contributed by atoms with Gasteiger partial charge in [-0.25, -0.2) is 13.6 Å². The Labute approximate surface area is 273 Å². The zero-order chi connectivity index (χ0) is 32.4. The standard InChI is InChI=1S/C34H33ClF2O6S2/c1-31-13-11-21(38)15-20(31)5-9-25-24-12-14-33(30(42)44-18-36,32(24,2)17-28(40)34(25,31)37)43-29(41)19-3-6-22(7-4-19)45-23-8-10-27(39)26(35)16-23/h3-4,6-8,10-11,13,15-16,24-25,28,39-40H,5,9,12,14,17-18H2,1-2H3. The van der Waals surface area contributed by atoms with Gasteiger partial charge in [0.1, 0.15) is 11.8 Å². The Morgan fingerprint density at radius 1 is 1.09 bits per heavy atom. The Balaban J connectivity index is 1.30. The quantitative estimate of drug-likeness (QED) is 0.302. The van der Waals surface area contributed by atoms with Gasteiger partial charge < -0.3 is 14.9 Å². The second kappa shape index (κ2) is 11.5. The van der Waals surface area contributed by atoms with E-state index in [9.17, 15) is 29.0 Å². The third-order valence-corrected chi connectivity index (χ3v) is 12.8. The summed E-state index contributed by atoms with van der Waals surface area (Å²) in [5, 5.41) is 20.9. The molecule has 7 atom stereocenters. The largest absolute Gasteiger partial charge is 0.506 e. The Morgan fingerprint density at radius 2 is 1.80 bits per heavy atom. The molecule has 0 heterocycles. The lowest BCUT2D eigenvalue weighted by Gasteiger charge is -2.62. The molecule has 0 bridgehead atoms. The van der Waals surface area contributed by atoms with Crippen LogP contribution >= 0.6 is 35.1 Å². The van der Waals surface area contributed by atoms with E-state index in [2.05, 4.69) is 0 Å². The topological polar surface area (TPSA) is 101 Å². The molecule has 238 valence electrons. The van der Waals surface area contributed by atoms with Crippen LogP contribution in [0.3, 0.4) is 0 Å². The second-order valence-corrected chi connectivity index (χ2v) is 15.2. The molecular weight excluding hydrogens is 642 g/mol. The van der Waals surface area contributed by atoms with Crippen LogP contribution in [0, 0.1) is 22.7 Å². The second-order valence-electron chi connectivity index (χ2n) is 12.8. The number of aromatic hydroxyl groups is 1. The van der Waals surface area contributed by atoms with Crippen LogP contribution in [0.25, 0.3) is 0 Å². The van der Waals surface area contributed by atoms with Gasteiger partial charge in [-0.2, -0.15) is 0 Å². The van der Waals surface area contributed by atoms with Crippen molar-refractivity contribution in [1.82, 2.24) is 0 Å². The first-order valence-corrected chi connectivity index (χ1v) is 17.0. The molecule has 7 unspecified atom stereocenters. The van der Waals surface area contributed by atoms with E-state index < -0.39 is 57.1 Å². The van der Waals surface area contributed by atoms with Gasteiger partial charge in [-0.05, 0) is 111 Å². The molecule has 6 rings (SSSR count). The molecule has 2 aromatic rings. The number of esters is 1. The Morgan fingerprint density at radius 3 is 2.49 bits per heavy atom. The van der Waals surface area contributed by atoms with Crippen molar-refractivity contribution in [3.05, 3.63) is 76.9 Å².